The second kappa shape index (κ2) is 8.41. The van der Waals surface area contributed by atoms with Crippen LogP contribution in [-0.2, 0) is 17.8 Å². The monoisotopic (exact) mass is 362 g/mol. The van der Waals surface area contributed by atoms with Crippen LogP contribution in [0.4, 0.5) is 0 Å². The lowest BCUT2D eigenvalue weighted by molar-refractivity contribution is -0.132. The molecule has 5 N–H and O–H groups in total. The highest BCUT2D eigenvalue weighted by Crippen LogP contribution is 2.16. The average Bonchev–Trinajstić information content (AvgIpc) is 2.52. The van der Waals surface area contributed by atoms with E-state index in [2.05, 4.69) is 24.2 Å². The lowest BCUT2D eigenvalue weighted by Gasteiger charge is -2.21. The number of hydrogen-bond donors (Lipinski definition) is 6. The highest BCUT2D eigenvalue weighted by molar-refractivity contribution is 7.81. The van der Waals surface area contributed by atoms with E-state index in [-0.39, 0.29) is 16.9 Å². The van der Waals surface area contributed by atoms with Crippen molar-refractivity contribution in [3.8, 4) is 5.88 Å². The molecule has 0 unspecified atom stereocenters. The Balaban J connectivity index is 3.12. The van der Waals surface area contributed by atoms with E-state index in [1.165, 1.54) is 6.08 Å². The van der Waals surface area contributed by atoms with Gasteiger partial charge in [0.05, 0.1) is 17.4 Å². The van der Waals surface area contributed by atoms with Gasteiger partial charge in [-0.25, -0.2) is 0 Å². The van der Waals surface area contributed by atoms with Gasteiger partial charge < -0.3 is 20.4 Å². The molecule has 0 aliphatic rings. The van der Waals surface area contributed by atoms with Crippen LogP contribution in [0.25, 0.3) is 0 Å². The highest BCUT2D eigenvalue weighted by Gasteiger charge is 2.30. The third-order valence-corrected chi connectivity index (χ3v) is 3.95. The summed E-state index contributed by atoms with van der Waals surface area (Å²) in [5.41, 5.74) is -1.07. The normalized spacial score (nSPS) is 15.0. The van der Waals surface area contributed by atoms with E-state index in [4.69, 9.17) is 17.3 Å². The summed E-state index contributed by atoms with van der Waals surface area (Å²) in [4.78, 5) is 26.2. The van der Waals surface area contributed by atoms with Crippen molar-refractivity contribution in [2.24, 2.45) is 0 Å². The zero-order valence-corrected chi connectivity index (χ0v) is 13.8. The molecule has 0 aliphatic carbocycles. The van der Waals surface area contributed by atoms with Gasteiger partial charge in [0.25, 0.3) is 5.56 Å². The largest absolute Gasteiger partial charge is 0.494 e. The summed E-state index contributed by atoms with van der Waals surface area (Å²) in [5, 5.41) is 37.3. The molecule has 10 heteroatoms. The molecule has 0 aromatic carbocycles. The van der Waals surface area contributed by atoms with Crippen molar-refractivity contribution in [3.63, 3.8) is 0 Å². The number of Topliss-reactive ketones (excluding diaryl/α,β-unsaturated/α-hetero) is 1. The van der Waals surface area contributed by atoms with E-state index in [1.54, 1.807) is 0 Å². The third kappa shape index (κ3) is 4.52. The summed E-state index contributed by atoms with van der Waals surface area (Å²) in [6.07, 6.45) is -2.67. The minimum atomic E-state index is -1.86. The van der Waals surface area contributed by atoms with Crippen molar-refractivity contribution in [1.82, 2.24) is 9.55 Å². The fourth-order valence-corrected chi connectivity index (χ4v) is 2.26. The zero-order valence-electron chi connectivity index (χ0n) is 12.0. The Bertz CT molecular complexity index is 699. The number of allylic oxidation sites excluding steroid dienone is 1. The van der Waals surface area contributed by atoms with Crippen LogP contribution in [-0.4, -0.2) is 59.8 Å². The molecule has 8 nitrogen and oxygen atoms in total. The second-order valence-electron chi connectivity index (χ2n) is 4.79. The summed E-state index contributed by atoms with van der Waals surface area (Å²) in [7, 11) is 0. The van der Waals surface area contributed by atoms with Crippen molar-refractivity contribution >= 4 is 30.6 Å². The maximum absolute atomic E-state index is 12.0. The van der Waals surface area contributed by atoms with E-state index in [0.29, 0.717) is 0 Å². The lowest BCUT2D eigenvalue weighted by atomic mass is 10.0. The highest BCUT2D eigenvalue weighted by atomic mass is 32.1. The van der Waals surface area contributed by atoms with Crippen molar-refractivity contribution in [2.75, 3.05) is 6.61 Å². The SMILES string of the molecule is C=CCn1c(O)c(CC(=O)[C@@H](O)[C@H](O)[C@H](S)CO)c(=O)[nH]c1=S. The Morgan fingerprint density at radius 2 is 2.09 bits per heavy atom. The molecule has 1 heterocycles. The summed E-state index contributed by atoms with van der Waals surface area (Å²) < 4.78 is 1.12. The number of hydrogen-bond acceptors (Lipinski definition) is 8. The van der Waals surface area contributed by atoms with Gasteiger partial charge in [-0.1, -0.05) is 6.08 Å². The fraction of sp³-hybridized carbons (Fsp3) is 0.462. The first-order valence-corrected chi connectivity index (χ1v) is 7.50. The number of aliphatic hydroxyl groups is 3. The molecule has 0 bridgehead atoms. The number of thiol groups is 1. The number of aromatic hydroxyl groups is 1. The number of carbonyl (C=O) groups is 1. The predicted octanol–water partition coefficient (Wildman–Crippen LogP) is -1.08. The molecule has 23 heavy (non-hydrogen) atoms. The van der Waals surface area contributed by atoms with Gasteiger partial charge >= 0.3 is 0 Å². The summed E-state index contributed by atoms with van der Waals surface area (Å²) in [6, 6.07) is 0. The number of H-pyrrole nitrogens is 1. The zero-order chi connectivity index (χ0) is 17.7. The van der Waals surface area contributed by atoms with E-state index in [9.17, 15) is 24.9 Å². The first-order valence-electron chi connectivity index (χ1n) is 6.58. The molecule has 0 spiro atoms. The van der Waals surface area contributed by atoms with E-state index in [1.807, 2.05) is 0 Å². The number of nitrogens with zero attached hydrogens (tertiary/aromatic N) is 1. The van der Waals surface area contributed by atoms with Crippen LogP contribution in [0.2, 0.25) is 0 Å². The van der Waals surface area contributed by atoms with Gasteiger partial charge in [-0.05, 0) is 12.2 Å². The van der Waals surface area contributed by atoms with Gasteiger partial charge in [0, 0.05) is 13.0 Å². The molecule has 0 aliphatic heterocycles. The van der Waals surface area contributed by atoms with Crippen molar-refractivity contribution in [1.29, 1.82) is 0 Å². The van der Waals surface area contributed by atoms with Gasteiger partial charge in [-0.15, -0.1) is 6.58 Å². The molecule has 1 aromatic heterocycles. The number of carbonyl (C=O) groups excluding carboxylic acids is 1. The molecule has 1 rings (SSSR count). The van der Waals surface area contributed by atoms with Crippen LogP contribution in [0.1, 0.15) is 5.56 Å². The van der Waals surface area contributed by atoms with Crippen LogP contribution in [0.15, 0.2) is 17.4 Å². The summed E-state index contributed by atoms with van der Waals surface area (Å²) in [6.45, 7) is 3.05. The fourth-order valence-electron chi connectivity index (χ4n) is 1.85. The van der Waals surface area contributed by atoms with Gasteiger partial charge in [-0.3, -0.25) is 19.1 Å². The number of aromatic amines is 1. The summed E-state index contributed by atoms with van der Waals surface area (Å²) in [5.74, 6) is -1.42. The number of ketones is 1. The van der Waals surface area contributed by atoms with Crippen molar-refractivity contribution in [2.45, 2.75) is 30.4 Å². The first-order chi connectivity index (χ1) is 10.7. The number of rotatable bonds is 8. The Morgan fingerprint density at radius 1 is 1.48 bits per heavy atom. The predicted molar refractivity (Wildman–Crippen MR) is 88.3 cm³/mol. The van der Waals surface area contributed by atoms with E-state index < -0.39 is 47.7 Å². The number of aromatic nitrogens is 2. The second-order valence-corrected chi connectivity index (χ2v) is 5.84. The molecule has 3 atom stereocenters. The first kappa shape index (κ1) is 19.6. The van der Waals surface area contributed by atoms with Gasteiger partial charge in [0.2, 0.25) is 5.88 Å². The van der Waals surface area contributed by atoms with Crippen LogP contribution in [0.3, 0.4) is 0 Å². The molecule has 1 aromatic rings. The van der Waals surface area contributed by atoms with Crippen molar-refractivity contribution in [3.05, 3.63) is 33.3 Å². The summed E-state index contributed by atoms with van der Waals surface area (Å²) >= 11 is 8.72. The van der Waals surface area contributed by atoms with Crippen LogP contribution < -0.4 is 5.56 Å². The molecular formula is C13H18N2O6S2. The Hall–Kier alpha value is -1.46. The van der Waals surface area contributed by atoms with Gasteiger partial charge in [0.1, 0.15) is 12.2 Å². The molecule has 0 amide bonds. The molecule has 0 radical (unpaired) electrons. The Labute approximate surface area is 142 Å². The standard InChI is InChI=1S/C13H18N2O6S2/c1-2-3-15-12(21)6(11(20)14-13(15)23)4-7(17)9(18)10(19)8(22)5-16/h2,8-10,16,18-19,21-22H,1,3-5H2,(H,14,20,23)/t8-,9-,10-/m1/s1. The Kier molecular flexibility index (Phi) is 7.16. The minimum absolute atomic E-state index is 0.0418. The maximum Gasteiger partial charge on any atom is 0.259 e. The number of nitrogens with one attached hydrogen (secondary N) is 1. The molecular weight excluding hydrogens is 344 g/mol. The smallest absolute Gasteiger partial charge is 0.259 e. The molecule has 0 saturated carbocycles. The van der Waals surface area contributed by atoms with Crippen molar-refractivity contribution < 1.29 is 25.2 Å². The average molecular weight is 362 g/mol. The van der Waals surface area contributed by atoms with Crippen LogP contribution in [0.5, 0.6) is 5.88 Å². The molecule has 128 valence electrons. The molecule has 0 saturated heterocycles. The van der Waals surface area contributed by atoms with Crippen LogP contribution >= 0.6 is 24.8 Å². The van der Waals surface area contributed by atoms with Gasteiger partial charge in [0.15, 0.2) is 10.6 Å². The van der Waals surface area contributed by atoms with Gasteiger partial charge in [-0.2, -0.15) is 12.6 Å². The quantitative estimate of drug-likeness (QED) is 0.197. The third-order valence-electron chi connectivity index (χ3n) is 3.16. The molecule has 0 fully saturated rings. The van der Waals surface area contributed by atoms with Crippen LogP contribution in [0, 0.1) is 4.77 Å². The van der Waals surface area contributed by atoms with E-state index in [0.717, 1.165) is 4.57 Å². The number of aliphatic hydroxyl groups excluding tert-OH is 3. The topological polar surface area (TPSA) is 136 Å². The minimum Gasteiger partial charge on any atom is -0.494 e. The lowest BCUT2D eigenvalue weighted by Crippen LogP contribution is -2.42. The maximum atomic E-state index is 12.0. The van der Waals surface area contributed by atoms with E-state index >= 15 is 0 Å². The Morgan fingerprint density at radius 3 is 2.61 bits per heavy atom.